The summed E-state index contributed by atoms with van der Waals surface area (Å²) in [6.45, 7) is 15.5. The molecule has 0 radical (unpaired) electrons. The summed E-state index contributed by atoms with van der Waals surface area (Å²) in [6, 6.07) is 3.54. The monoisotopic (exact) mass is 274 g/mol. The van der Waals surface area contributed by atoms with Crippen molar-refractivity contribution in [3.8, 4) is 0 Å². The molecule has 0 rings (SSSR count). The number of rotatable bonds is 8. The zero-order valence-corrected chi connectivity index (χ0v) is 14.7. The van der Waals surface area contributed by atoms with E-state index in [1.807, 2.05) is 6.26 Å². The smallest absolute Gasteiger partial charge is 0.249 e. The maximum Gasteiger partial charge on any atom is 0.249 e. The molecule has 0 bridgehead atoms. The van der Waals surface area contributed by atoms with Gasteiger partial charge in [-0.15, -0.1) is 0 Å². The van der Waals surface area contributed by atoms with Crippen molar-refractivity contribution >= 4 is 16.6 Å². The molecule has 0 saturated carbocycles. The van der Waals surface area contributed by atoms with E-state index in [-0.39, 0.29) is 0 Å². The Morgan fingerprint density at radius 3 is 1.71 bits per heavy atom. The molecule has 0 aromatic carbocycles. The summed E-state index contributed by atoms with van der Waals surface area (Å²) >= 11 is 0. The molecule has 0 fully saturated rings. The minimum absolute atomic E-state index is 0.923. The highest BCUT2D eigenvalue weighted by Crippen LogP contribution is 2.23. The molecule has 0 aliphatic carbocycles. The second kappa shape index (κ2) is 7.26. The lowest BCUT2D eigenvalue weighted by atomic mass is 10.4. The van der Waals surface area contributed by atoms with Crippen molar-refractivity contribution in [2.24, 2.45) is 0 Å². The molecule has 0 atom stereocenters. The summed E-state index contributed by atoms with van der Waals surface area (Å²) in [4.78, 5) is 0. The van der Waals surface area contributed by atoms with Crippen LogP contribution in [0.15, 0.2) is 12.0 Å². The summed E-state index contributed by atoms with van der Waals surface area (Å²) in [7, 11) is -3.01. The van der Waals surface area contributed by atoms with E-state index in [0.717, 1.165) is 12.2 Å². The predicted molar refractivity (Wildman–Crippen MR) is 81.1 cm³/mol. The third-order valence-corrected chi connectivity index (χ3v) is 8.52. The third-order valence-electron chi connectivity index (χ3n) is 3.16. The summed E-state index contributed by atoms with van der Waals surface area (Å²) in [5.41, 5.74) is 0. The second-order valence-electron chi connectivity index (χ2n) is 5.51. The molecule has 0 heterocycles. The minimum Gasteiger partial charge on any atom is -0.546 e. The Morgan fingerprint density at radius 1 is 0.941 bits per heavy atom. The van der Waals surface area contributed by atoms with Crippen LogP contribution < -0.4 is 0 Å². The Morgan fingerprint density at radius 2 is 1.41 bits per heavy atom. The first-order valence-corrected chi connectivity index (χ1v) is 12.8. The molecule has 0 aromatic rings. The van der Waals surface area contributed by atoms with Crippen LogP contribution in [0.4, 0.5) is 0 Å². The van der Waals surface area contributed by atoms with Gasteiger partial charge in [-0.2, -0.15) is 0 Å². The van der Waals surface area contributed by atoms with Gasteiger partial charge in [0.2, 0.25) is 16.6 Å². The van der Waals surface area contributed by atoms with Crippen LogP contribution in [0.5, 0.6) is 0 Å². The van der Waals surface area contributed by atoms with Gasteiger partial charge in [0.1, 0.15) is 12.0 Å². The van der Waals surface area contributed by atoms with Gasteiger partial charge in [0.05, 0.1) is 0 Å². The average Bonchev–Trinajstić information content (AvgIpc) is 2.28. The van der Waals surface area contributed by atoms with Gasteiger partial charge in [-0.3, -0.25) is 0 Å². The average molecular weight is 275 g/mol. The van der Waals surface area contributed by atoms with E-state index in [0.29, 0.717) is 0 Å². The van der Waals surface area contributed by atoms with Crippen LogP contribution >= 0.6 is 0 Å². The third kappa shape index (κ3) is 6.31. The van der Waals surface area contributed by atoms with Crippen molar-refractivity contribution < 1.29 is 8.85 Å². The number of allylic oxidation sites excluding steroid dienone is 1. The second-order valence-corrected chi connectivity index (χ2v) is 14.7. The lowest BCUT2D eigenvalue weighted by Crippen LogP contribution is -2.34. The molecule has 0 saturated heterocycles. The lowest BCUT2D eigenvalue weighted by Gasteiger charge is -2.28. The highest BCUT2D eigenvalue weighted by molar-refractivity contribution is 6.73. The molecular weight excluding hydrogens is 244 g/mol. The lowest BCUT2D eigenvalue weighted by molar-refractivity contribution is 0.358. The standard InChI is InChI=1S/C13H30O2Si2/c1-8-13(15-16(5,6)7)12-14-17(9-2,10-3)11-4/h12H,8-11H2,1-7H3/b13-12+. The van der Waals surface area contributed by atoms with Crippen molar-refractivity contribution in [2.45, 2.75) is 71.9 Å². The topological polar surface area (TPSA) is 18.5 Å². The molecule has 17 heavy (non-hydrogen) atoms. The van der Waals surface area contributed by atoms with Crippen LogP contribution in [0.1, 0.15) is 34.1 Å². The van der Waals surface area contributed by atoms with Gasteiger partial charge < -0.3 is 8.85 Å². The maximum atomic E-state index is 6.15. The molecule has 0 aliphatic heterocycles. The van der Waals surface area contributed by atoms with Crippen LogP contribution in [-0.2, 0) is 8.85 Å². The van der Waals surface area contributed by atoms with E-state index in [9.17, 15) is 0 Å². The zero-order valence-electron chi connectivity index (χ0n) is 12.7. The van der Waals surface area contributed by atoms with E-state index < -0.39 is 16.6 Å². The van der Waals surface area contributed by atoms with Crippen molar-refractivity contribution in [3.63, 3.8) is 0 Å². The molecule has 102 valence electrons. The molecule has 2 nitrogen and oxygen atoms in total. The Kier molecular flexibility index (Phi) is 7.17. The van der Waals surface area contributed by atoms with Crippen LogP contribution in [0.2, 0.25) is 37.8 Å². The quantitative estimate of drug-likeness (QED) is 0.452. The van der Waals surface area contributed by atoms with E-state index in [2.05, 4.69) is 47.3 Å². The minimum atomic E-state index is -1.51. The first kappa shape index (κ1) is 16.8. The van der Waals surface area contributed by atoms with Gasteiger partial charge >= 0.3 is 0 Å². The van der Waals surface area contributed by atoms with Gasteiger partial charge in [-0.05, 0) is 37.8 Å². The first-order chi connectivity index (χ1) is 7.82. The van der Waals surface area contributed by atoms with Gasteiger partial charge in [0, 0.05) is 6.42 Å². The number of hydrogen-bond acceptors (Lipinski definition) is 2. The molecule has 0 N–H and O–H groups in total. The molecule has 4 heteroatoms. The van der Waals surface area contributed by atoms with Crippen molar-refractivity contribution in [1.82, 2.24) is 0 Å². The Hall–Kier alpha value is -0.226. The highest BCUT2D eigenvalue weighted by Gasteiger charge is 2.29. The molecular formula is C13H30O2Si2. The molecule has 0 aromatic heterocycles. The molecule has 0 spiro atoms. The fraction of sp³-hybridized carbons (Fsp3) is 0.846. The highest BCUT2D eigenvalue weighted by atomic mass is 28.4. The fourth-order valence-corrected chi connectivity index (χ4v) is 5.12. The Balaban J connectivity index is 4.64. The summed E-state index contributed by atoms with van der Waals surface area (Å²) < 4.78 is 12.2. The van der Waals surface area contributed by atoms with Gasteiger partial charge in [-0.1, -0.05) is 27.7 Å². The van der Waals surface area contributed by atoms with Crippen LogP contribution in [0.3, 0.4) is 0 Å². The van der Waals surface area contributed by atoms with E-state index in [1.165, 1.54) is 18.1 Å². The van der Waals surface area contributed by atoms with Crippen molar-refractivity contribution in [2.75, 3.05) is 0 Å². The SMILES string of the molecule is CC/C(=C\O[Si](CC)(CC)CC)O[Si](C)(C)C. The zero-order chi connectivity index (χ0) is 13.5. The number of hydrogen-bond donors (Lipinski definition) is 0. The fourth-order valence-electron chi connectivity index (χ4n) is 1.76. The molecule has 0 unspecified atom stereocenters. The Labute approximate surface area is 110 Å². The van der Waals surface area contributed by atoms with E-state index in [4.69, 9.17) is 8.85 Å². The summed E-state index contributed by atoms with van der Waals surface area (Å²) in [6.07, 6.45) is 2.84. The van der Waals surface area contributed by atoms with Crippen molar-refractivity contribution in [3.05, 3.63) is 12.0 Å². The largest absolute Gasteiger partial charge is 0.546 e. The van der Waals surface area contributed by atoms with Gasteiger partial charge in [-0.25, -0.2) is 0 Å². The van der Waals surface area contributed by atoms with Crippen LogP contribution in [0, 0.1) is 0 Å². The van der Waals surface area contributed by atoms with Crippen LogP contribution in [-0.4, -0.2) is 16.6 Å². The Bertz CT molecular complexity index is 232. The van der Waals surface area contributed by atoms with Gasteiger partial charge in [0.25, 0.3) is 0 Å². The predicted octanol–water partition coefficient (Wildman–Crippen LogP) is 5.11. The van der Waals surface area contributed by atoms with E-state index >= 15 is 0 Å². The molecule has 0 amide bonds. The maximum absolute atomic E-state index is 6.15. The van der Waals surface area contributed by atoms with Gasteiger partial charge in [0.15, 0.2) is 0 Å². The molecule has 0 aliphatic rings. The van der Waals surface area contributed by atoms with Crippen molar-refractivity contribution in [1.29, 1.82) is 0 Å². The van der Waals surface area contributed by atoms with E-state index in [1.54, 1.807) is 0 Å². The summed E-state index contributed by atoms with van der Waals surface area (Å²) in [5.74, 6) is 1.02. The van der Waals surface area contributed by atoms with Crippen LogP contribution in [0.25, 0.3) is 0 Å². The first-order valence-electron chi connectivity index (χ1n) is 6.88. The summed E-state index contributed by atoms with van der Waals surface area (Å²) in [5, 5.41) is 0. The normalized spacial score (nSPS) is 13.7.